The summed E-state index contributed by atoms with van der Waals surface area (Å²) in [4.78, 5) is 19.5. The fourth-order valence-electron chi connectivity index (χ4n) is 3.39. The molecule has 0 spiro atoms. The van der Waals surface area contributed by atoms with Crippen molar-refractivity contribution in [3.05, 3.63) is 60.3 Å². The molecule has 1 aliphatic heterocycles. The van der Waals surface area contributed by atoms with E-state index in [1.807, 2.05) is 31.7 Å². The smallest absolute Gasteiger partial charge is 0.227 e. The predicted molar refractivity (Wildman–Crippen MR) is 125 cm³/mol. The Morgan fingerprint density at radius 3 is 2.41 bits per heavy atom. The van der Waals surface area contributed by atoms with Gasteiger partial charge in [-0.2, -0.15) is 9.97 Å². The average molecular weight is 460 g/mol. The van der Waals surface area contributed by atoms with E-state index in [0.29, 0.717) is 36.5 Å². The summed E-state index contributed by atoms with van der Waals surface area (Å²) in [5.41, 5.74) is 0.190. The summed E-state index contributed by atoms with van der Waals surface area (Å²) < 4.78 is 13.3. The maximum absolute atomic E-state index is 13.3. The van der Waals surface area contributed by atoms with E-state index < -0.39 is 5.60 Å². The van der Waals surface area contributed by atoms with Crippen molar-refractivity contribution in [3.8, 4) is 0 Å². The van der Waals surface area contributed by atoms with Crippen molar-refractivity contribution in [2.24, 2.45) is 5.92 Å². The van der Waals surface area contributed by atoms with Crippen LogP contribution in [0.2, 0.25) is 0 Å². The molecule has 0 aliphatic carbocycles. The number of halogens is 2. The van der Waals surface area contributed by atoms with Gasteiger partial charge in [0.05, 0.1) is 25.3 Å². The van der Waals surface area contributed by atoms with E-state index in [-0.39, 0.29) is 30.2 Å². The molecule has 1 aromatic carbocycles. The molecule has 3 heterocycles. The second kappa shape index (κ2) is 9.62. The molecule has 2 aromatic heterocycles. The minimum Gasteiger partial charge on any atom is -0.386 e. The van der Waals surface area contributed by atoms with E-state index in [2.05, 4.69) is 30.6 Å². The molecule has 0 saturated carbocycles. The van der Waals surface area contributed by atoms with E-state index >= 15 is 0 Å². The molecule has 0 amide bonds. The van der Waals surface area contributed by atoms with Crippen molar-refractivity contribution in [3.63, 3.8) is 0 Å². The molecule has 170 valence electrons. The first kappa shape index (κ1) is 23.6. The number of rotatable bonds is 7. The van der Waals surface area contributed by atoms with E-state index in [9.17, 15) is 9.50 Å². The number of hydrogen-bond acceptors (Lipinski definition) is 8. The van der Waals surface area contributed by atoms with Crippen LogP contribution < -0.4 is 15.5 Å². The lowest BCUT2D eigenvalue weighted by Crippen LogP contribution is -2.65. The lowest BCUT2D eigenvalue weighted by atomic mass is 9.83. The van der Waals surface area contributed by atoms with Crippen LogP contribution >= 0.6 is 12.4 Å². The number of hydrogen-bond donors (Lipinski definition) is 3. The first-order valence-electron chi connectivity index (χ1n) is 10.2. The van der Waals surface area contributed by atoms with Crippen LogP contribution in [0.25, 0.3) is 0 Å². The first-order chi connectivity index (χ1) is 14.8. The fourth-order valence-corrected chi connectivity index (χ4v) is 3.39. The van der Waals surface area contributed by atoms with Crippen molar-refractivity contribution in [2.45, 2.75) is 32.4 Å². The Balaban J connectivity index is 0.00000289. The monoisotopic (exact) mass is 459 g/mol. The van der Waals surface area contributed by atoms with Crippen LogP contribution in [0.15, 0.2) is 48.9 Å². The summed E-state index contributed by atoms with van der Waals surface area (Å²) in [6.45, 7) is 6.98. The largest absolute Gasteiger partial charge is 0.386 e. The second-order valence-corrected chi connectivity index (χ2v) is 8.18. The van der Waals surface area contributed by atoms with Gasteiger partial charge in [0.25, 0.3) is 0 Å². The molecular weight excluding hydrogens is 433 g/mol. The van der Waals surface area contributed by atoms with Crippen LogP contribution in [0.1, 0.15) is 32.4 Å². The quantitative estimate of drug-likeness (QED) is 0.488. The van der Waals surface area contributed by atoms with Gasteiger partial charge in [0, 0.05) is 18.5 Å². The number of aromatic nitrogens is 4. The van der Waals surface area contributed by atoms with Crippen LogP contribution in [0.5, 0.6) is 0 Å². The lowest BCUT2D eigenvalue weighted by molar-refractivity contribution is -0.0304. The fraction of sp³-hybridized carbons (Fsp3) is 0.364. The molecule has 1 saturated heterocycles. The van der Waals surface area contributed by atoms with Crippen molar-refractivity contribution in [1.29, 1.82) is 0 Å². The standard InChI is InChI=1S/C22H26FN7O.ClH/c1-14(2)22(31)12-30(13-22)20-10-18(27-19-11-24-8-9-25-19)28-21(29-20)26-15(3)16-4-6-17(23)7-5-16;/h4-11,14-15,31H,12-13H2,1-3H3,(H2,25,26,27,28,29);1H/t15-;/m0./s1. The normalized spacial score (nSPS) is 15.5. The molecule has 1 fully saturated rings. The third-order valence-electron chi connectivity index (χ3n) is 5.58. The highest BCUT2D eigenvalue weighted by molar-refractivity contribution is 5.85. The topological polar surface area (TPSA) is 99.1 Å². The number of β-amino-alcohol motifs (C(OH)–C–C–N with tert-alkyl or cyclic N) is 1. The van der Waals surface area contributed by atoms with E-state index in [1.54, 1.807) is 30.7 Å². The van der Waals surface area contributed by atoms with Gasteiger partial charge in [0.15, 0.2) is 0 Å². The molecule has 0 radical (unpaired) electrons. The van der Waals surface area contributed by atoms with Crippen LogP contribution in [-0.4, -0.2) is 43.7 Å². The van der Waals surface area contributed by atoms with Crippen molar-refractivity contribution in [1.82, 2.24) is 19.9 Å². The van der Waals surface area contributed by atoms with Gasteiger partial charge in [0.2, 0.25) is 5.95 Å². The van der Waals surface area contributed by atoms with Crippen LogP contribution in [-0.2, 0) is 0 Å². The number of anilines is 4. The van der Waals surface area contributed by atoms with Crippen LogP contribution in [0.4, 0.5) is 27.8 Å². The van der Waals surface area contributed by atoms with Gasteiger partial charge in [-0.05, 0) is 30.5 Å². The van der Waals surface area contributed by atoms with Gasteiger partial charge in [-0.1, -0.05) is 26.0 Å². The maximum atomic E-state index is 13.3. The Bertz CT molecular complexity index is 1030. The van der Waals surface area contributed by atoms with Gasteiger partial charge < -0.3 is 20.6 Å². The summed E-state index contributed by atoms with van der Waals surface area (Å²) in [5.74, 6) is 2.10. The van der Waals surface area contributed by atoms with Crippen molar-refractivity contribution in [2.75, 3.05) is 28.6 Å². The van der Waals surface area contributed by atoms with Gasteiger partial charge in [-0.3, -0.25) is 4.98 Å². The third-order valence-corrected chi connectivity index (χ3v) is 5.58. The Morgan fingerprint density at radius 2 is 1.78 bits per heavy atom. The van der Waals surface area contributed by atoms with Crippen LogP contribution in [0.3, 0.4) is 0 Å². The Morgan fingerprint density at radius 1 is 1.06 bits per heavy atom. The highest BCUT2D eigenvalue weighted by Gasteiger charge is 2.44. The predicted octanol–water partition coefficient (Wildman–Crippen LogP) is 3.95. The molecular formula is C22H27ClFN7O. The number of aliphatic hydroxyl groups is 1. The summed E-state index contributed by atoms with van der Waals surface area (Å²) >= 11 is 0. The molecule has 8 nitrogen and oxygen atoms in total. The second-order valence-electron chi connectivity index (χ2n) is 8.18. The summed E-state index contributed by atoms with van der Waals surface area (Å²) in [6.07, 6.45) is 4.80. The van der Waals surface area contributed by atoms with Crippen LogP contribution in [0, 0.1) is 11.7 Å². The molecule has 4 rings (SSSR count). The van der Waals surface area contributed by atoms with E-state index in [1.165, 1.54) is 12.1 Å². The lowest BCUT2D eigenvalue weighted by Gasteiger charge is -2.49. The molecule has 3 aromatic rings. The third kappa shape index (κ3) is 5.23. The molecule has 32 heavy (non-hydrogen) atoms. The zero-order valence-corrected chi connectivity index (χ0v) is 19.0. The first-order valence-corrected chi connectivity index (χ1v) is 10.2. The molecule has 0 unspecified atom stereocenters. The van der Waals surface area contributed by atoms with Gasteiger partial charge in [-0.15, -0.1) is 12.4 Å². The Hall–Kier alpha value is -3.04. The highest BCUT2D eigenvalue weighted by atomic mass is 35.5. The van der Waals surface area contributed by atoms with E-state index in [4.69, 9.17) is 0 Å². The maximum Gasteiger partial charge on any atom is 0.227 e. The number of nitrogens with one attached hydrogen (secondary N) is 2. The summed E-state index contributed by atoms with van der Waals surface area (Å²) in [7, 11) is 0. The Kier molecular flexibility index (Phi) is 7.10. The minimum absolute atomic E-state index is 0. The van der Waals surface area contributed by atoms with Crippen molar-refractivity contribution < 1.29 is 9.50 Å². The zero-order chi connectivity index (χ0) is 22.0. The van der Waals surface area contributed by atoms with Gasteiger partial charge in [-0.25, -0.2) is 9.37 Å². The zero-order valence-electron chi connectivity index (χ0n) is 18.2. The SMILES string of the molecule is CC(C)C1(O)CN(c2cc(Nc3cnccn3)nc(N[C@@H](C)c3ccc(F)cc3)n2)C1.Cl. The number of benzene rings is 1. The summed E-state index contributed by atoms with van der Waals surface area (Å²) in [5, 5.41) is 17.1. The van der Waals surface area contributed by atoms with Gasteiger partial charge in [0.1, 0.15) is 28.9 Å². The van der Waals surface area contributed by atoms with Gasteiger partial charge >= 0.3 is 0 Å². The number of nitrogens with zero attached hydrogens (tertiary/aromatic N) is 5. The molecule has 1 aliphatic rings. The Labute approximate surface area is 192 Å². The van der Waals surface area contributed by atoms with Crippen molar-refractivity contribution >= 4 is 35.8 Å². The molecule has 10 heteroatoms. The summed E-state index contributed by atoms with van der Waals surface area (Å²) in [6, 6.07) is 8.01. The minimum atomic E-state index is -0.724. The molecule has 1 atom stereocenters. The molecule has 0 bridgehead atoms. The average Bonchev–Trinajstić information content (AvgIpc) is 2.72. The van der Waals surface area contributed by atoms with E-state index in [0.717, 1.165) is 5.56 Å². The highest BCUT2D eigenvalue weighted by Crippen LogP contribution is 2.33. The molecule has 3 N–H and O–H groups in total.